The van der Waals surface area contributed by atoms with E-state index in [0.717, 1.165) is 0 Å². The van der Waals surface area contributed by atoms with Crippen LogP contribution in [0.1, 0.15) is 21.5 Å². The summed E-state index contributed by atoms with van der Waals surface area (Å²) in [7, 11) is -7.96. The van der Waals surface area contributed by atoms with E-state index in [2.05, 4.69) is 0 Å². The number of sulfone groups is 2. The van der Waals surface area contributed by atoms with Gasteiger partial charge in [0.25, 0.3) is 0 Å². The second kappa shape index (κ2) is 8.33. The van der Waals surface area contributed by atoms with E-state index in [0.29, 0.717) is 11.1 Å². The highest BCUT2D eigenvalue weighted by Crippen LogP contribution is 2.37. The molecule has 0 saturated carbocycles. The number of ketones is 1. The Labute approximate surface area is 202 Å². The van der Waals surface area contributed by atoms with Crippen LogP contribution in [0, 0.1) is 0 Å². The number of hydrogen-bond donors (Lipinski definition) is 0. The van der Waals surface area contributed by atoms with Crippen molar-refractivity contribution < 1.29 is 26.7 Å². The molecule has 3 aromatic carbocycles. The smallest absolute Gasteiger partial charge is 0.211 e. The Morgan fingerprint density at radius 2 is 1.29 bits per heavy atom. The molecule has 0 bridgehead atoms. The van der Waals surface area contributed by atoms with Crippen LogP contribution < -0.4 is 5.11 Å². The van der Waals surface area contributed by atoms with E-state index in [1.54, 1.807) is 54.6 Å². The number of Topliss-reactive ketones (excluding diaryl/α,β-unsaturated/α-hetero) is 1. The van der Waals surface area contributed by atoms with E-state index in [9.17, 15) is 26.7 Å². The van der Waals surface area contributed by atoms with Gasteiger partial charge in [0.05, 0.1) is 14.7 Å². The van der Waals surface area contributed by atoms with Crippen LogP contribution in [0.3, 0.4) is 0 Å². The number of allylic oxidation sites excluding steroid dienone is 6. The average molecular weight is 502 g/mol. The van der Waals surface area contributed by atoms with Crippen LogP contribution in [0.15, 0.2) is 123 Å². The van der Waals surface area contributed by atoms with Crippen molar-refractivity contribution in [3.8, 4) is 0 Å². The van der Waals surface area contributed by atoms with Gasteiger partial charge in [-0.3, -0.25) is 4.79 Å². The first-order chi connectivity index (χ1) is 16.7. The number of benzene rings is 3. The number of hydrogen-bond acceptors (Lipinski definition) is 6. The van der Waals surface area contributed by atoms with Crippen molar-refractivity contribution in [2.24, 2.45) is 0 Å². The molecule has 0 atom stereocenters. The number of carbonyl (C=O) groups is 1. The van der Waals surface area contributed by atoms with Crippen molar-refractivity contribution in [2.45, 2.75) is 9.79 Å². The van der Waals surface area contributed by atoms with Gasteiger partial charge in [-0.2, -0.15) is 0 Å². The van der Waals surface area contributed by atoms with Crippen molar-refractivity contribution in [3.05, 3.63) is 130 Å². The third kappa shape index (κ3) is 3.67. The first-order valence-electron chi connectivity index (χ1n) is 10.5. The minimum absolute atomic E-state index is 0.0441. The molecule has 2 heterocycles. The minimum atomic E-state index is -3.98. The van der Waals surface area contributed by atoms with Crippen LogP contribution in [-0.2, 0) is 19.7 Å². The molecule has 0 fully saturated rings. The maximum Gasteiger partial charge on any atom is 0.211 e. The zero-order valence-corrected chi connectivity index (χ0v) is 19.7. The van der Waals surface area contributed by atoms with Crippen LogP contribution in [0.25, 0.3) is 11.3 Å². The van der Waals surface area contributed by atoms with Crippen molar-refractivity contribution >= 4 is 36.8 Å². The zero-order valence-electron chi connectivity index (χ0n) is 18.1. The first-order valence-corrected chi connectivity index (χ1v) is 13.5. The molecule has 0 aromatic heterocycles. The van der Waals surface area contributed by atoms with Crippen molar-refractivity contribution in [1.82, 2.24) is 0 Å². The van der Waals surface area contributed by atoms with Gasteiger partial charge in [0, 0.05) is 5.56 Å². The van der Waals surface area contributed by atoms with Gasteiger partial charge in [0.15, 0.2) is 0 Å². The average Bonchev–Trinajstić information content (AvgIpc) is 3.18. The summed E-state index contributed by atoms with van der Waals surface area (Å²) in [5.74, 6) is -1.21. The fourth-order valence-corrected chi connectivity index (χ4v) is 7.16. The first kappa shape index (κ1) is 22.8. The van der Waals surface area contributed by atoms with E-state index >= 15 is 0 Å². The molecule has 8 heteroatoms. The lowest BCUT2D eigenvalue weighted by Gasteiger charge is -2.08. The summed E-state index contributed by atoms with van der Waals surface area (Å²) in [5.41, 5.74) is 1.28. The SMILES string of the molecule is O=C1C(=CC=C(C=CC2=C([O-])c3ccccc3S2(=O)=O)c2ccccc2)S(=O)(=O)c2ccccc21. The summed E-state index contributed by atoms with van der Waals surface area (Å²) in [4.78, 5) is 11.9. The minimum Gasteiger partial charge on any atom is -0.871 e. The Hall–Kier alpha value is -4.01. The summed E-state index contributed by atoms with van der Waals surface area (Å²) in [6.07, 6.45) is 5.30. The van der Waals surface area contributed by atoms with Gasteiger partial charge in [-0.1, -0.05) is 78.6 Å². The lowest BCUT2D eigenvalue weighted by atomic mass is 10.0. The molecular formula is C27H17O6S2-. The van der Waals surface area contributed by atoms with Gasteiger partial charge in [-0.15, -0.1) is 0 Å². The fraction of sp³-hybridized carbons (Fsp3) is 0. The molecule has 0 aliphatic carbocycles. The predicted octanol–water partition coefficient (Wildman–Crippen LogP) is 3.70. The van der Waals surface area contributed by atoms with E-state index in [4.69, 9.17) is 0 Å². The molecule has 5 rings (SSSR count). The summed E-state index contributed by atoms with van der Waals surface area (Å²) >= 11 is 0. The summed E-state index contributed by atoms with van der Waals surface area (Å²) in [5, 5.41) is 12.8. The largest absolute Gasteiger partial charge is 0.871 e. The maximum atomic E-state index is 12.9. The van der Waals surface area contributed by atoms with Crippen molar-refractivity contribution in [2.75, 3.05) is 0 Å². The molecule has 2 aliphatic rings. The van der Waals surface area contributed by atoms with Crippen molar-refractivity contribution in [3.63, 3.8) is 0 Å². The predicted molar refractivity (Wildman–Crippen MR) is 130 cm³/mol. The van der Waals surface area contributed by atoms with E-state index < -0.39 is 31.2 Å². The van der Waals surface area contributed by atoms with Gasteiger partial charge in [-0.25, -0.2) is 16.8 Å². The standard InChI is InChI=1S/C27H18O6S2/c28-26-20-10-4-6-12-22(20)34(30,31)24(26)16-14-19(18-8-2-1-3-9-18)15-17-25-27(29)21-11-5-7-13-23(21)35(25,32)33/h1-17,28H/p-1. The quantitative estimate of drug-likeness (QED) is 0.398. The highest BCUT2D eigenvalue weighted by atomic mass is 32.2. The normalized spacial score (nSPS) is 19.4. The summed E-state index contributed by atoms with van der Waals surface area (Å²) in [6, 6.07) is 20.8. The van der Waals surface area contributed by atoms with Crippen LogP contribution in [-0.4, -0.2) is 22.6 Å². The molecule has 0 spiro atoms. The third-order valence-corrected chi connectivity index (χ3v) is 9.48. The second-order valence-corrected chi connectivity index (χ2v) is 11.6. The van der Waals surface area contributed by atoms with Gasteiger partial charge < -0.3 is 5.11 Å². The molecule has 0 amide bonds. The lowest BCUT2D eigenvalue weighted by molar-refractivity contribution is -0.244. The summed E-state index contributed by atoms with van der Waals surface area (Å²) < 4.78 is 51.6. The monoisotopic (exact) mass is 501 g/mol. The Morgan fingerprint density at radius 3 is 1.91 bits per heavy atom. The van der Waals surface area contributed by atoms with Gasteiger partial charge in [0.2, 0.25) is 25.5 Å². The fourth-order valence-electron chi connectivity index (χ4n) is 4.06. The molecule has 174 valence electrons. The topological polar surface area (TPSA) is 108 Å². The number of fused-ring (bicyclic) bond motifs is 2. The van der Waals surface area contributed by atoms with Crippen LogP contribution in [0.5, 0.6) is 0 Å². The molecule has 0 unspecified atom stereocenters. The molecule has 0 N–H and O–H groups in total. The van der Waals surface area contributed by atoms with Gasteiger partial charge in [0.1, 0.15) is 4.91 Å². The Kier molecular flexibility index (Phi) is 5.42. The molecule has 35 heavy (non-hydrogen) atoms. The second-order valence-electron chi connectivity index (χ2n) is 7.87. The molecular weight excluding hydrogens is 484 g/mol. The van der Waals surface area contributed by atoms with Crippen LogP contribution in [0.2, 0.25) is 0 Å². The Morgan fingerprint density at radius 1 is 0.714 bits per heavy atom. The van der Waals surface area contributed by atoms with E-state index in [-0.39, 0.29) is 30.7 Å². The number of carbonyl (C=O) groups excluding carboxylic acids is 1. The van der Waals surface area contributed by atoms with Crippen molar-refractivity contribution in [1.29, 1.82) is 0 Å². The summed E-state index contributed by atoms with van der Waals surface area (Å²) in [6.45, 7) is 0. The highest BCUT2D eigenvalue weighted by molar-refractivity contribution is 7.97. The Bertz CT molecular complexity index is 1720. The maximum absolute atomic E-state index is 12.9. The third-order valence-electron chi connectivity index (χ3n) is 5.80. The highest BCUT2D eigenvalue weighted by Gasteiger charge is 2.38. The van der Waals surface area contributed by atoms with Gasteiger partial charge in [-0.05, 0) is 47.1 Å². The Balaban J connectivity index is 1.61. The number of rotatable bonds is 4. The molecule has 0 radical (unpaired) electrons. The molecule has 6 nitrogen and oxygen atoms in total. The van der Waals surface area contributed by atoms with E-state index in [1.165, 1.54) is 48.6 Å². The van der Waals surface area contributed by atoms with Gasteiger partial charge >= 0.3 is 0 Å². The molecule has 0 saturated heterocycles. The zero-order chi connectivity index (χ0) is 24.8. The van der Waals surface area contributed by atoms with E-state index in [1.807, 2.05) is 0 Å². The lowest BCUT2D eigenvalue weighted by Crippen LogP contribution is -2.03. The molecule has 2 aliphatic heterocycles. The van der Waals surface area contributed by atoms with Crippen LogP contribution in [0.4, 0.5) is 0 Å². The van der Waals surface area contributed by atoms with Crippen LogP contribution >= 0.6 is 0 Å². The molecule has 3 aromatic rings.